The first-order valence-corrected chi connectivity index (χ1v) is 7.74. The largest absolute Gasteiger partial charge is 0.486 e. The first-order valence-electron chi connectivity index (χ1n) is 7.74. The summed E-state index contributed by atoms with van der Waals surface area (Å²) in [5.74, 6) is 1.69. The van der Waals surface area contributed by atoms with Crippen LogP contribution >= 0.6 is 0 Å². The number of hydrogen-bond donors (Lipinski definition) is 1. The number of carbonyl (C=O) groups is 1. The molecule has 122 valence electrons. The molecule has 0 unspecified atom stereocenters. The predicted octanol–water partition coefficient (Wildman–Crippen LogP) is 2.58. The van der Waals surface area contributed by atoms with E-state index >= 15 is 0 Å². The van der Waals surface area contributed by atoms with Crippen molar-refractivity contribution < 1.29 is 14.3 Å². The molecule has 2 aromatic rings. The molecule has 1 amide bonds. The van der Waals surface area contributed by atoms with Crippen molar-refractivity contribution in [2.24, 2.45) is 0 Å². The number of hydrogen-bond acceptors (Lipinski definition) is 4. The van der Waals surface area contributed by atoms with Gasteiger partial charge in [0.1, 0.15) is 18.9 Å². The number of fused-ring (bicyclic) bond motifs is 1. The second kappa shape index (κ2) is 6.32. The molecule has 0 saturated carbocycles. The summed E-state index contributed by atoms with van der Waals surface area (Å²) >= 11 is 0. The van der Waals surface area contributed by atoms with E-state index in [1.807, 2.05) is 24.3 Å². The maximum atomic E-state index is 12.5. The van der Waals surface area contributed by atoms with Crippen LogP contribution in [-0.2, 0) is 6.54 Å². The van der Waals surface area contributed by atoms with Gasteiger partial charge >= 0.3 is 0 Å². The summed E-state index contributed by atoms with van der Waals surface area (Å²) in [5.41, 5.74) is 2.39. The lowest BCUT2D eigenvalue weighted by atomic mass is 10.1. The van der Waals surface area contributed by atoms with Crippen LogP contribution in [0, 0.1) is 0 Å². The molecule has 1 aliphatic heterocycles. The van der Waals surface area contributed by atoms with Gasteiger partial charge in [-0.05, 0) is 29.7 Å². The normalized spacial score (nSPS) is 13.2. The van der Waals surface area contributed by atoms with Crippen molar-refractivity contribution in [1.82, 2.24) is 15.1 Å². The molecule has 1 aromatic carbocycles. The number of ether oxygens (including phenoxy) is 2. The summed E-state index contributed by atoms with van der Waals surface area (Å²) in [6, 6.07) is 7.56. The van der Waals surface area contributed by atoms with Crippen molar-refractivity contribution in [3.05, 3.63) is 41.2 Å². The zero-order chi connectivity index (χ0) is 16.4. The van der Waals surface area contributed by atoms with Crippen molar-refractivity contribution in [3.63, 3.8) is 0 Å². The number of carbonyl (C=O) groups excluding carboxylic acids is 1. The van der Waals surface area contributed by atoms with E-state index in [2.05, 4.69) is 24.0 Å². The summed E-state index contributed by atoms with van der Waals surface area (Å²) in [5, 5.41) is 7.02. The Morgan fingerprint density at radius 1 is 1.26 bits per heavy atom. The molecule has 0 spiro atoms. The van der Waals surface area contributed by atoms with Gasteiger partial charge in [-0.2, -0.15) is 5.10 Å². The van der Waals surface area contributed by atoms with Crippen LogP contribution in [0.3, 0.4) is 0 Å². The third-order valence-corrected chi connectivity index (χ3v) is 3.81. The fraction of sp³-hybridized carbons (Fsp3) is 0.412. The topological polar surface area (TPSA) is 67.5 Å². The lowest BCUT2D eigenvalue weighted by molar-refractivity contribution is 0.0779. The molecular weight excluding hydrogens is 294 g/mol. The second-order valence-electron chi connectivity index (χ2n) is 6.00. The van der Waals surface area contributed by atoms with Gasteiger partial charge in [-0.3, -0.25) is 9.89 Å². The minimum absolute atomic E-state index is 0.108. The van der Waals surface area contributed by atoms with Gasteiger partial charge in [0.15, 0.2) is 11.5 Å². The van der Waals surface area contributed by atoms with Crippen LogP contribution < -0.4 is 9.47 Å². The van der Waals surface area contributed by atoms with E-state index in [0.29, 0.717) is 31.4 Å². The number of aromatic amines is 1. The summed E-state index contributed by atoms with van der Waals surface area (Å²) in [7, 11) is 1.77. The van der Waals surface area contributed by atoms with Gasteiger partial charge < -0.3 is 14.4 Å². The molecule has 3 rings (SSSR count). The minimum atomic E-state index is -0.108. The quantitative estimate of drug-likeness (QED) is 0.941. The van der Waals surface area contributed by atoms with Gasteiger partial charge in [0.2, 0.25) is 0 Å². The Labute approximate surface area is 135 Å². The Kier molecular flexibility index (Phi) is 4.23. The third kappa shape index (κ3) is 3.31. The second-order valence-corrected chi connectivity index (χ2v) is 6.00. The zero-order valence-corrected chi connectivity index (χ0v) is 13.6. The first kappa shape index (κ1) is 15.4. The Bertz CT molecular complexity index is 709. The number of aromatic nitrogens is 2. The highest BCUT2D eigenvalue weighted by molar-refractivity contribution is 5.92. The maximum Gasteiger partial charge on any atom is 0.274 e. The fourth-order valence-electron chi connectivity index (χ4n) is 2.47. The summed E-state index contributed by atoms with van der Waals surface area (Å²) in [6.07, 6.45) is 0. The average molecular weight is 315 g/mol. The number of nitrogens with one attached hydrogen (secondary N) is 1. The molecule has 0 radical (unpaired) electrons. The van der Waals surface area contributed by atoms with Crippen LogP contribution in [0.4, 0.5) is 0 Å². The maximum absolute atomic E-state index is 12.5. The van der Waals surface area contributed by atoms with Gasteiger partial charge in [0.05, 0.1) is 0 Å². The van der Waals surface area contributed by atoms with Crippen LogP contribution in [0.5, 0.6) is 11.5 Å². The smallest absolute Gasteiger partial charge is 0.274 e. The SMILES string of the molecule is CC(C)c1cc(C(=O)N(C)Cc2ccc3c(c2)OCCO3)n[nH]1. The number of benzene rings is 1. The van der Waals surface area contributed by atoms with Gasteiger partial charge in [-0.25, -0.2) is 0 Å². The van der Waals surface area contributed by atoms with E-state index in [1.54, 1.807) is 11.9 Å². The molecule has 0 fully saturated rings. The zero-order valence-electron chi connectivity index (χ0n) is 13.6. The lowest BCUT2D eigenvalue weighted by Gasteiger charge is -2.20. The Balaban J connectivity index is 1.70. The molecule has 2 heterocycles. The number of rotatable bonds is 4. The van der Waals surface area contributed by atoms with E-state index < -0.39 is 0 Å². The van der Waals surface area contributed by atoms with Crippen molar-refractivity contribution in [2.45, 2.75) is 26.3 Å². The fourth-order valence-corrected chi connectivity index (χ4v) is 2.47. The molecule has 1 aliphatic rings. The van der Waals surface area contributed by atoms with Crippen LogP contribution in [0.15, 0.2) is 24.3 Å². The monoisotopic (exact) mass is 315 g/mol. The average Bonchev–Trinajstić information content (AvgIpc) is 3.04. The van der Waals surface area contributed by atoms with Gasteiger partial charge in [0.25, 0.3) is 5.91 Å². The van der Waals surface area contributed by atoms with Gasteiger partial charge in [0, 0.05) is 19.3 Å². The number of amides is 1. The molecule has 1 aromatic heterocycles. The van der Waals surface area contributed by atoms with Crippen molar-refractivity contribution >= 4 is 5.91 Å². The molecule has 0 atom stereocenters. The van der Waals surface area contributed by atoms with Gasteiger partial charge in [-0.1, -0.05) is 19.9 Å². The highest BCUT2D eigenvalue weighted by atomic mass is 16.6. The van der Waals surface area contributed by atoms with Gasteiger partial charge in [-0.15, -0.1) is 0 Å². The molecule has 6 nitrogen and oxygen atoms in total. The van der Waals surface area contributed by atoms with Crippen molar-refractivity contribution in [2.75, 3.05) is 20.3 Å². The molecule has 0 bridgehead atoms. The lowest BCUT2D eigenvalue weighted by Crippen LogP contribution is -2.26. The Morgan fingerprint density at radius 2 is 2.00 bits per heavy atom. The number of nitrogens with zero attached hydrogens (tertiary/aromatic N) is 2. The highest BCUT2D eigenvalue weighted by Gasteiger charge is 2.18. The van der Waals surface area contributed by atoms with E-state index in [0.717, 1.165) is 22.8 Å². The molecule has 0 saturated heterocycles. The van der Waals surface area contributed by atoms with Crippen LogP contribution in [0.25, 0.3) is 0 Å². The summed E-state index contributed by atoms with van der Waals surface area (Å²) < 4.78 is 11.1. The third-order valence-electron chi connectivity index (χ3n) is 3.81. The van der Waals surface area contributed by atoms with Crippen molar-refractivity contribution in [3.8, 4) is 11.5 Å². The van der Waals surface area contributed by atoms with E-state index in [-0.39, 0.29) is 5.91 Å². The Hall–Kier alpha value is -2.50. The standard InChI is InChI=1S/C17H21N3O3/c1-11(2)13-9-14(19-18-13)17(21)20(3)10-12-4-5-15-16(8-12)23-7-6-22-15/h4-5,8-9,11H,6-7,10H2,1-3H3,(H,18,19). The molecule has 6 heteroatoms. The summed E-state index contributed by atoms with van der Waals surface area (Å²) in [4.78, 5) is 14.1. The molecular formula is C17H21N3O3. The molecule has 0 aliphatic carbocycles. The summed E-state index contributed by atoms with van der Waals surface area (Å²) in [6.45, 7) is 5.72. The number of H-pyrrole nitrogens is 1. The van der Waals surface area contributed by atoms with Crippen LogP contribution in [0.1, 0.15) is 41.5 Å². The van der Waals surface area contributed by atoms with Crippen LogP contribution in [-0.4, -0.2) is 41.3 Å². The van der Waals surface area contributed by atoms with E-state index in [4.69, 9.17) is 9.47 Å². The molecule has 23 heavy (non-hydrogen) atoms. The van der Waals surface area contributed by atoms with Crippen LogP contribution in [0.2, 0.25) is 0 Å². The Morgan fingerprint density at radius 3 is 2.70 bits per heavy atom. The predicted molar refractivity (Wildman–Crippen MR) is 85.9 cm³/mol. The van der Waals surface area contributed by atoms with Crippen molar-refractivity contribution in [1.29, 1.82) is 0 Å². The van der Waals surface area contributed by atoms with E-state index in [1.165, 1.54) is 0 Å². The minimum Gasteiger partial charge on any atom is -0.486 e. The first-order chi connectivity index (χ1) is 11.0. The molecule has 1 N–H and O–H groups in total. The highest BCUT2D eigenvalue weighted by Crippen LogP contribution is 2.31. The van der Waals surface area contributed by atoms with E-state index in [9.17, 15) is 4.79 Å².